The summed E-state index contributed by atoms with van der Waals surface area (Å²) >= 11 is 0. The van der Waals surface area contributed by atoms with E-state index in [2.05, 4.69) is 11.9 Å². The molecule has 0 saturated heterocycles. The Morgan fingerprint density at radius 2 is 2.19 bits per heavy atom. The van der Waals surface area contributed by atoms with Gasteiger partial charge < -0.3 is 14.8 Å². The average molecular weight is 225 g/mol. The van der Waals surface area contributed by atoms with Crippen molar-refractivity contribution in [1.82, 2.24) is 4.98 Å². The molecule has 2 N–H and O–H groups in total. The van der Waals surface area contributed by atoms with E-state index < -0.39 is 0 Å². The van der Waals surface area contributed by atoms with Crippen LogP contribution >= 0.6 is 0 Å². The standard InChI is InChI=1S/C12H19NO3/c1-3-5-10-11(12(15)16-4-2)9(6-7-14)8-13-10/h8,13-14H,3-7H2,1-2H3. The van der Waals surface area contributed by atoms with Gasteiger partial charge in [-0.15, -0.1) is 0 Å². The number of hydrogen-bond donors (Lipinski definition) is 2. The first-order valence-corrected chi connectivity index (χ1v) is 5.71. The molecule has 0 spiro atoms. The van der Waals surface area contributed by atoms with Crippen molar-refractivity contribution in [3.63, 3.8) is 0 Å². The first-order valence-electron chi connectivity index (χ1n) is 5.71. The van der Waals surface area contributed by atoms with Gasteiger partial charge in [-0.25, -0.2) is 4.79 Å². The quantitative estimate of drug-likeness (QED) is 0.724. The number of hydrogen-bond acceptors (Lipinski definition) is 3. The third kappa shape index (κ3) is 2.85. The second-order valence-corrected chi connectivity index (χ2v) is 3.61. The van der Waals surface area contributed by atoms with Gasteiger partial charge in [0.05, 0.1) is 12.2 Å². The molecule has 0 amide bonds. The van der Waals surface area contributed by atoms with Crippen LogP contribution in [0.3, 0.4) is 0 Å². The first-order chi connectivity index (χ1) is 7.74. The van der Waals surface area contributed by atoms with Gasteiger partial charge in [0.25, 0.3) is 0 Å². The summed E-state index contributed by atoms with van der Waals surface area (Å²) in [5.74, 6) is -0.296. The van der Waals surface area contributed by atoms with Crippen LogP contribution in [0.5, 0.6) is 0 Å². The highest BCUT2D eigenvalue weighted by atomic mass is 16.5. The van der Waals surface area contributed by atoms with Crippen LogP contribution in [0.4, 0.5) is 0 Å². The number of ether oxygens (including phenoxy) is 1. The van der Waals surface area contributed by atoms with E-state index >= 15 is 0 Å². The lowest BCUT2D eigenvalue weighted by molar-refractivity contribution is 0.0524. The molecule has 4 nitrogen and oxygen atoms in total. The Kier molecular flexibility index (Phi) is 5.05. The average Bonchev–Trinajstić information content (AvgIpc) is 2.63. The summed E-state index contributed by atoms with van der Waals surface area (Å²) < 4.78 is 5.02. The van der Waals surface area contributed by atoms with Crippen molar-refractivity contribution < 1.29 is 14.6 Å². The van der Waals surface area contributed by atoms with Crippen molar-refractivity contribution in [1.29, 1.82) is 0 Å². The lowest BCUT2D eigenvalue weighted by atomic mass is 10.1. The summed E-state index contributed by atoms with van der Waals surface area (Å²) in [5.41, 5.74) is 2.35. The van der Waals surface area contributed by atoms with Gasteiger partial charge in [-0.1, -0.05) is 13.3 Å². The topological polar surface area (TPSA) is 62.3 Å². The van der Waals surface area contributed by atoms with E-state index in [9.17, 15) is 4.79 Å². The molecule has 1 rings (SSSR count). The minimum atomic E-state index is -0.296. The van der Waals surface area contributed by atoms with Crippen LogP contribution in [0, 0.1) is 0 Å². The zero-order valence-corrected chi connectivity index (χ0v) is 9.88. The van der Waals surface area contributed by atoms with Crippen LogP contribution in [0.2, 0.25) is 0 Å². The maximum atomic E-state index is 11.8. The van der Waals surface area contributed by atoms with E-state index in [0.29, 0.717) is 18.6 Å². The van der Waals surface area contributed by atoms with E-state index in [1.54, 1.807) is 13.1 Å². The Bertz CT molecular complexity index is 321. The smallest absolute Gasteiger partial charge is 0.340 e. The molecule has 0 aliphatic heterocycles. The van der Waals surface area contributed by atoms with Gasteiger partial charge in [0, 0.05) is 18.5 Å². The third-order valence-electron chi connectivity index (χ3n) is 2.40. The summed E-state index contributed by atoms with van der Waals surface area (Å²) in [7, 11) is 0. The number of aliphatic hydroxyl groups is 1. The first kappa shape index (κ1) is 12.8. The number of aromatic nitrogens is 1. The second kappa shape index (κ2) is 6.33. The molecule has 4 heteroatoms. The molecule has 0 aliphatic rings. The molecular formula is C12H19NO3. The molecule has 0 saturated carbocycles. The van der Waals surface area contributed by atoms with Crippen molar-refractivity contribution >= 4 is 5.97 Å². The molecule has 0 aliphatic carbocycles. The molecule has 0 atom stereocenters. The summed E-state index contributed by atoms with van der Waals surface area (Å²) in [6.45, 7) is 4.25. The summed E-state index contributed by atoms with van der Waals surface area (Å²) in [6.07, 6.45) is 4.05. The number of H-pyrrole nitrogens is 1. The third-order valence-corrected chi connectivity index (χ3v) is 2.40. The van der Waals surface area contributed by atoms with Gasteiger partial charge in [0.1, 0.15) is 0 Å². The second-order valence-electron chi connectivity index (χ2n) is 3.61. The molecule has 1 aromatic heterocycles. The number of aromatic amines is 1. The van der Waals surface area contributed by atoms with Crippen LogP contribution in [0.1, 0.15) is 41.9 Å². The fourth-order valence-electron chi connectivity index (χ4n) is 1.73. The van der Waals surface area contributed by atoms with Crippen molar-refractivity contribution in [3.8, 4) is 0 Å². The van der Waals surface area contributed by atoms with Crippen LogP contribution in [0.15, 0.2) is 6.20 Å². The van der Waals surface area contributed by atoms with Crippen molar-refractivity contribution in [2.75, 3.05) is 13.2 Å². The maximum absolute atomic E-state index is 11.8. The monoisotopic (exact) mass is 225 g/mol. The van der Waals surface area contributed by atoms with E-state index in [4.69, 9.17) is 9.84 Å². The SMILES string of the molecule is CCCc1[nH]cc(CCO)c1C(=O)OCC. The zero-order valence-electron chi connectivity index (χ0n) is 9.88. The number of rotatable bonds is 6. The van der Waals surface area contributed by atoms with Crippen molar-refractivity contribution in [3.05, 3.63) is 23.0 Å². The predicted molar refractivity (Wildman–Crippen MR) is 61.5 cm³/mol. The fraction of sp³-hybridized carbons (Fsp3) is 0.583. The Labute approximate surface area is 95.6 Å². The zero-order chi connectivity index (χ0) is 12.0. The Morgan fingerprint density at radius 3 is 2.75 bits per heavy atom. The number of carbonyl (C=O) groups excluding carboxylic acids is 1. The maximum Gasteiger partial charge on any atom is 0.340 e. The van der Waals surface area contributed by atoms with E-state index in [1.165, 1.54) is 0 Å². The molecule has 0 unspecified atom stereocenters. The minimum absolute atomic E-state index is 0.0375. The largest absolute Gasteiger partial charge is 0.462 e. The van der Waals surface area contributed by atoms with Gasteiger partial charge in [-0.3, -0.25) is 0 Å². The van der Waals surface area contributed by atoms with E-state index in [0.717, 1.165) is 24.1 Å². The highest BCUT2D eigenvalue weighted by Crippen LogP contribution is 2.17. The lowest BCUT2D eigenvalue weighted by Gasteiger charge is -2.05. The lowest BCUT2D eigenvalue weighted by Crippen LogP contribution is -2.10. The van der Waals surface area contributed by atoms with Gasteiger partial charge in [-0.05, 0) is 25.3 Å². The molecule has 0 aromatic carbocycles. The molecule has 90 valence electrons. The highest BCUT2D eigenvalue weighted by molar-refractivity contribution is 5.92. The number of esters is 1. The van der Waals surface area contributed by atoms with E-state index in [1.807, 2.05) is 0 Å². The van der Waals surface area contributed by atoms with Crippen LogP contribution in [-0.4, -0.2) is 29.3 Å². The van der Waals surface area contributed by atoms with Crippen molar-refractivity contribution in [2.45, 2.75) is 33.1 Å². The summed E-state index contributed by atoms with van der Waals surface area (Å²) in [6, 6.07) is 0. The molecular weight excluding hydrogens is 206 g/mol. The molecule has 16 heavy (non-hydrogen) atoms. The normalized spacial score (nSPS) is 10.4. The van der Waals surface area contributed by atoms with Crippen LogP contribution in [-0.2, 0) is 17.6 Å². The van der Waals surface area contributed by atoms with Crippen LogP contribution < -0.4 is 0 Å². The van der Waals surface area contributed by atoms with Crippen molar-refractivity contribution in [2.24, 2.45) is 0 Å². The van der Waals surface area contributed by atoms with Crippen LogP contribution in [0.25, 0.3) is 0 Å². The Balaban J connectivity index is 2.97. The van der Waals surface area contributed by atoms with Gasteiger partial charge in [0.2, 0.25) is 0 Å². The number of aryl methyl sites for hydroxylation is 1. The minimum Gasteiger partial charge on any atom is -0.462 e. The van der Waals surface area contributed by atoms with Gasteiger partial charge >= 0.3 is 5.97 Å². The Hall–Kier alpha value is -1.29. The van der Waals surface area contributed by atoms with Gasteiger partial charge in [0.15, 0.2) is 0 Å². The predicted octanol–water partition coefficient (Wildman–Crippen LogP) is 1.68. The number of carbonyl (C=O) groups is 1. The fourth-order valence-corrected chi connectivity index (χ4v) is 1.73. The van der Waals surface area contributed by atoms with E-state index in [-0.39, 0.29) is 12.6 Å². The Morgan fingerprint density at radius 1 is 1.44 bits per heavy atom. The molecule has 0 radical (unpaired) electrons. The highest BCUT2D eigenvalue weighted by Gasteiger charge is 2.18. The number of aliphatic hydroxyl groups excluding tert-OH is 1. The molecule has 1 aromatic rings. The molecule has 0 fully saturated rings. The molecule has 1 heterocycles. The molecule has 0 bridgehead atoms. The summed E-state index contributed by atoms with van der Waals surface area (Å²) in [5, 5.41) is 8.93. The number of nitrogens with one attached hydrogen (secondary N) is 1. The summed E-state index contributed by atoms with van der Waals surface area (Å²) in [4.78, 5) is 14.9. The van der Waals surface area contributed by atoms with Gasteiger partial charge in [-0.2, -0.15) is 0 Å².